The van der Waals surface area contributed by atoms with Gasteiger partial charge in [0.05, 0.1) is 13.0 Å². The van der Waals surface area contributed by atoms with E-state index >= 15 is 0 Å². The Morgan fingerprint density at radius 3 is 1.96 bits per heavy atom. The minimum absolute atomic E-state index is 0.0367. The third-order valence-corrected chi connectivity index (χ3v) is 2.45. The van der Waals surface area contributed by atoms with Crippen molar-refractivity contribution in [2.24, 2.45) is 0 Å². The van der Waals surface area contributed by atoms with Gasteiger partial charge >= 0.3 is 17.9 Å². The molecule has 24 heavy (non-hydrogen) atoms. The van der Waals surface area contributed by atoms with Crippen LogP contribution in [0.15, 0.2) is 0 Å². The number of hydrogen-bond acceptors (Lipinski definition) is 7. The average molecular weight is 346 g/mol. The van der Waals surface area contributed by atoms with Crippen LogP contribution >= 0.6 is 0 Å². The highest BCUT2D eigenvalue weighted by Crippen LogP contribution is 2.10. The summed E-state index contributed by atoms with van der Waals surface area (Å²) in [6.45, 7) is 11.2. The minimum atomic E-state index is -1.10. The first-order chi connectivity index (χ1) is 10.8. The largest absolute Gasteiger partial charge is 0.481 e. The van der Waals surface area contributed by atoms with Gasteiger partial charge in [0.1, 0.15) is 17.2 Å². The fraction of sp³-hybridized carbons (Fsp3) is 0.812. The summed E-state index contributed by atoms with van der Waals surface area (Å²) in [7, 11) is 0. The molecule has 8 heteroatoms. The molecule has 0 aliphatic carbocycles. The molecule has 0 spiro atoms. The van der Waals surface area contributed by atoms with E-state index in [-0.39, 0.29) is 18.9 Å². The molecule has 0 heterocycles. The van der Waals surface area contributed by atoms with Crippen molar-refractivity contribution in [3.05, 3.63) is 0 Å². The molecule has 0 radical (unpaired) electrons. The highest BCUT2D eigenvalue weighted by atomic mass is 16.6. The third kappa shape index (κ3) is 12.8. The van der Waals surface area contributed by atoms with Crippen LogP contribution in [0.1, 0.15) is 48.0 Å². The molecule has 0 fully saturated rings. The van der Waals surface area contributed by atoms with E-state index in [1.807, 2.05) is 0 Å². The summed E-state index contributed by atoms with van der Waals surface area (Å²) >= 11 is 0. The summed E-state index contributed by atoms with van der Waals surface area (Å²) in [4.78, 5) is 34.4. The number of carboxylic acid groups (broad SMARTS) is 1. The average Bonchev–Trinajstić information content (AvgIpc) is 2.32. The fourth-order valence-corrected chi connectivity index (χ4v) is 1.69. The van der Waals surface area contributed by atoms with E-state index in [2.05, 4.69) is 10.6 Å². The van der Waals surface area contributed by atoms with Gasteiger partial charge in [-0.05, 0) is 41.5 Å². The number of rotatable bonds is 9. The summed E-state index contributed by atoms with van der Waals surface area (Å²) in [5.74, 6) is -2.09. The van der Waals surface area contributed by atoms with Crippen LogP contribution in [0.25, 0.3) is 0 Å². The SMILES string of the molecule is CC(C)(C)OC(=O)CNCCNC(CC(=O)O)C(=O)OC(C)(C)C. The predicted octanol–water partition coefficient (Wildman–Crippen LogP) is 0.692. The number of nitrogens with one attached hydrogen (secondary N) is 2. The fourth-order valence-electron chi connectivity index (χ4n) is 1.69. The predicted molar refractivity (Wildman–Crippen MR) is 88.6 cm³/mol. The molecule has 8 nitrogen and oxygen atoms in total. The van der Waals surface area contributed by atoms with E-state index in [0.717, 1.165) is 0 Å². The van der Waals surface area contributed by atoms with Crippen molar-refractivity contribution < 1.29 is 29.0 Å². The number of carboxylic acids is 1. The second-order valence-corrected chi connectivity index (χ2v) is 7.40. The number of hydrogen-bond donors (Lipinski definition) is 3. The molecular formula is C16H30N2O6. The Hall–Kier alpha value is -1.67. The molecule has 0 amide bonds. The Balaban J connectivity index is 4.22. The Bertz CT molecular complexity index is 437. The monoisotopic (exact) mass is 346 g/mol. The number of aliphatic carboxylic acids is 1. The lowest BCUT2D eigenvalue weighted by molar-refractivity contribution is -0.160. The van der Waals surface area contributed by atoms with Crippen LogP contribution in [-0.2, 0) is 23.9 Å². The molecule has 0 aromatic heterocycles. The van der Waals surface area contributed by atoms with E-state index in [4.69, 9.17) is 14.6 Å². The zero-order valence-electron chi connectivity index (χ0n) is 15.4. The molecule has 0 aromatic carbocycles. The Kier molecular flexibility index (Phi) is 8.92. The van der Waals surface area contributed by atoms with Crippen LogP contribution in [0.3, 0.4) is 0 Å². The highest BCUT2D eigenvalue weighted by Gasteiger charge is 2.26. The van der Waals surface area contributed by atoms with Gasteiger partial charge in [0, 0.05) is 13.1 Å². The van der Waals surface area contributed by atoms with E-state index in [1.54, 1.807) is 41.5 Å². The highest BCUT2D eigenvalue weighted by molar-refractivity contribution is 5.82. The van der Waals surface area contributed by atoms with Gasteiger partial charge in [0.15, 0.2) is 0 Å². The number of ether oxygens (including phenoxy) is 2. The standard InChI is InChI=1S/C16H30N2O6/c1-15(2,3)23-13(21)10-17-7-8-18-11(9-12(19)20)14(22)24-16(4,5)6/h11,17-18H,7-10H2,1-6H3,(H,19,20). The van der Waals surface area contributed by atoms with Gasteiger partial charge in [0.2, 0.25) is 0 Å². The van der Waals surface area contributed by atoms with Gasteiger partial charge in [0.25, 0.3) is 0 Å². The number of esters is 2. The van der Waals surface area contributed by atoms with Crippen molar-refractivity contribution in [3.63, 3.8) is 0 Å². The van der Waals surface area contributed by atoms with E-state index in [1.165, 1.54) is 0 Å². The van der Waals surface area contributed by atoms with E-state index < -0.39 is 29.2 Å². The molecule has 0 saturated heterocycles. The maximum absolute atomic E-state index is 12.0. The summed E-state index contributed by atoms with van der Waals surface area (Å²) in [6, 6.07) is -0.940. The lowest BCUT2D eigenvalue weighted by atomic mass is 10.1. The van der Waals surface area contributed by atoms with Gasteiger partial charge in [-0.15, -0.1) is 0 Å². The lowest BCUT2D eigenvalue weighted by Gasteiger charge is -2.24. The maximum atomic E-state index is 12.0. The number of carbonyl (C=O) groups is 3. The minimum Gasteiger partial charge on any atom is -0.481 e. The van der Waals surface area contributed by atoms with Crippen molar-refractivity contribution >= 4 is 17.9 Å². The second kappa shape index (κ2) is 9.58. The summed E-state index contributed by atoms with van der Waals surface area (Å²) < 4.78 is 10.3. The van der Waals surface area contributed by atoms with Crippen molar-refractivity contribution in [2.75, 3.05) is 19.6 Å². The van der Waals surface area contributed by atoms with Crippen molar-refractivity contribution in [1.82, 2.24) is 10.6 Å². The molecule has 0 aliphatic heterocycles. The molecule has 1 atom stereocenters. The molecule has 140 valence electrons. The van der Waals surface area contributed by atoms with E-state index in [9.17, 15) is 14.4 Å². The zero-order chi connectivity index (χ0) is 19.0. The van der Waals surface area contributed by atoms with Gasteiger partial charge in [-0.2, -0.15) is 0 Å². The van der Waals surface area contributed by atoms with Crippen molar-refractivity contribution in [2.45, 2.75) is 65.2 Å². The van der Waals surface area contributed by atoms with Crippen molar-refractivity contribution in [1.29, 1.82) is 0 Å². The second-order valence-electron chi connectivity index (χ2n) is 7.40. The maximum Gasteiger partial charge on any atom is 0.324 e. The molecule has 0 saturated carbocycles. The third-order valence-electron chi connectivity index (χ3n) is 2.45. The molecule has 0 rings (SSSR count). The number of carbonyl (C=O) groups excluding carboxylic acids is 2. The molecule has 1 unspecified atom stereocenters. The summed E-state index contributed by atoms with van der Waals surface area (Å²) in [5, 5.41) is 14.6. The van der Waals surface area contributed by atoms with E-state index in [0.29, 0.717) is 13.1 Å². The first-order valence-electron chi connectivity index (χ1n) is 7.91. The molecule has 0 aliphatic rings. The molecule has 0 aromatic rings. The normalized spacial score (nSPS) is 13.2. The van der Waals surface area contributed by atoms with Gasteiger partial charge in [-0.1, -0.05) is 0 Å². The van der Waals surface area contributed by atoms with Gasteiger partial charge in [-0.3, -0.25) is 14.4 Å². The van der Waals surface area contributed by atoms with Gasteiger partial charge < -0.3 is 25.2 Å². The lowest BCUT2D eigenvalue weighted by Crippen LogP contribution is -2.45. The van der Waals surface area contributed by atoms with Crippen LogP contribution in [0.2, 0.25) is 0 Å². The molecule has 3 N–H and O–H groups in total. The van der Waals surface area contributed by atoms with Crippen LogP contribution < -0.4 is 10.6 Å². The van der Waals surface area contributed by atoms with Crippen LogP contribution in [0.4, 0.5) is 0 Å². The Labute approximate surface area is 143 Å². The first-order valence-corrected chi connectivity index (χ1v) is 7.91. The Morgan fingerprint density at radius 2 is 1.50 bits per heavy atom. The summed E-state index contributed by atoms with van der Waals surface area (Å²) in [6.07, 6.45) is -0.374. The Morgan fingerprint density at radius 1 is 0.958 bits per heavy atom. The van der Waals surface area contributed by atoms with Crippen LogP contribution in [-0.4, -0.2) is 59.9 Å². The quantitative estimate of drug-likeness (QED) is 0.413. The zero-order valence-corrected chi connectivity index (χ0v) is 15.4. The molecule has 0 bridgehead atoms. The van der Waals surface area contributed by atoms with Crippen molar-refractivity contribution in [3.8, 4) is 0 Å². The summed E-state index contributed by atoms with van der Waals surface area (Å²) in [5.41, 5.74) is -1.23. The van der Waals surface area contributed by atoms with Gasteiger partial charge in [-0.25, -0.2) is 0 Å². The smallest absolute Gasteiger partial charge is 0.324 e. The molecular weight excluding hydrogens is 316 g/mol. The first kappa shape index (κ1) is 22.3. The topological polar surface area (TPSA) is 114 Å². The van der Waals surface area contributed by atoms with Crippen LogP contribution in [0, 0.1) is 0 Å². The van der Waals surface area contributed by atoms with Crippen LogP contribution in [0.5, 0.6) is 0 Å².